The minimum absolute atomic E-state index is 0.0663. The molecule has 0 spiro atoms. The Morgan fingerprint density at radius 3 is 2.48 bits per heavy atom. The van der Waals surface area contributed by atoms with Crippen LogP contribution in [0.25, 0.3) is 0 Å². The summed E-state index contributed by atoms with van der Waals surface area (Å²) in [6.45, 7) is 14.4. The average Bonchev–Trinajstić information content (AvgIpc) is 2.98. The fourth-order valence-electron chi connectivity index (χ4n) is 2.84. The van der Waals surface area contributed by atoms with E-state index in [1.165, 1.54) is 0 Å². The molecule has 2 heterocycles. The van der Waals surface area contributed by atoms with Crippen LogP contribution < -0.4 is 5.32 Å². The topological polar surface area (TPSA) is 91.0 Å². The van der Waals surface area contributed by atoms with Crippen molar-refractivity contribution in [1.29, 1.82) is 0 Å². The van der Waals surface area contributed by atoms with Crippen LogP contribution in [0, 0.1) is 6.92 Å². The molecule has 1 saturated heterocycles. The number of hydrogen-bond donors (Lipinski definition) is 1. The number of nitrogens with zero attached hydrogens (tertiary/aromatic N) is 4. The van der Waals surface area contributed by atoms with Crippen LogP contribution in [0.1, 0.15) is 39.1 Å². The molecule has 0 aliphatic carbocycles. The molecule has 1 fully saturated rings. The van der Waals surface area contributed by atoms with Gasteiger partial charge in [0, 0.05) is 45.3 Å². The molecule has 2 rings (SSSR count). The number of aliphatic imine (C=N–C) groups is 1. The van der Waals surface area contributed by atoms with Crippen LogP contribution in [0.4, 0.5) is 0 Å². The number of aromatic nitrogens is 1. The van der Waals surface area contributed by atoms with Crippen LogP contribution in [0.15, 0.2) is 15.6 Å². The summed E-state index contributed by atoms with van der Waals surface area (Å²) in [5, 5.41) is 7.33. The lowest BCUT2D eigenvalue weighted by molar-refractivity contribution is 0.169. The Labute approximate surface area is 162 Å². The van der Waals surface area contributed by atoms with E-state index in [0.29, 0.717) is 0 Å². The zero-order chi connectivity index (χ0) is 20.1. The highest BCUT2D eigenvalue weighted by Gasteiger charge is 2.28. The molecule has 27 heavy (non-hydrogen) atoms. The van der Waals surface area contributed by atoms with Crippen molar-refractivity contribution in [3.8, 4) is 0 Å². The first kappa shape index (κ1) is 21.7. The molecule has 0 unspecified atom stereocenters. The number of rotatable bonds is 6. The lowest BCUT2D eigenvalue weighted by atomic mass is 10.3. The summed E-state index contributed by atoms with van der Waals surface area (Å²) in [5.74, 6) is 1.69. The highest BCUT2D eigenvalue weighted by atomic mass is 32.2. The van der Waals surface area contributed by atoms with E-state index in [1.54, 1.807) is 20.8 Å². The van der Waals surface area contributed by atoms with Gasteiger partial charge in [-0.2, -0.15) is 0 Å². The molecule has 8 nitrogen and oxygen atoms in total. The summed E-state index contributed by atoms with van der Waals surface area (Å²) in [6, 6.07) is 1.97. The molecule has 1 aromatic heterocycles. The molecule has 154 valence electrons. The molecule has 9 heteroatoms. The Kier molecular flexibility index (Phi) is 7.27. The minimum Gasteiger partial charge on any atom is -0.361 e. The van der Waals surface area contributed by atoms with Gasteiger partial charge in [-0.05, 0) is 34.6 Å². The second-order valence-corrected chi connectivity index (χ2v) is 10.7. The van der Waals surface area contributed by atoms with Crippen LogP contribution in [0.5, 0.6) is 0 Å². The van der Waals surface area contributed by atoms with Gasteiger partial charge < -0.3 is 14.7 Å². The van der Waals surface area contributed by atoms with E-state index in [1.807, 2.05) is 19.9 Å². The SMILES string of the molecule is CCNC(=NCCS(=O)(=O)C(C)(C)C)N1CCN(Cc2cc(C)on2)CC1. The quantitative estimate of drug-likeness (QED) is 0.569. The Morgan fingerprint density at radius 1 is 1.30 bits per heavy atom. The fourth-order valence-corrected chi connectivity index (χ4v) is 3.79. The van der Waals surface area contributed by atoms with Crippen LogP contribution in [0.2, 0.25) is 0 Å². The third-order valence-corrected chi connectivity index (χ3v) is 7.21. The van der Waals surface area contributed by atoms with Gasteiger partial charge in [0.1, 0.15) is 5.76 Å². The molecule has 1 N–H and O–H groups in total. The first-order chi connectivity index (χ1) is 12.6. The zero-order valence-electron chi connectivity index (χ0n) is 17.2. The predicted octanol–water partition coefficient (Wildman–Crippen LogP) is 1.28. The Bertz CT molecular complexity index is 728. The maximum atomic E-state index is 12.3. The summed E-state index contributed by atoms with van der Waals surface area (Å²) in [4.78, 5) is 9.08. The number of hydrogen-bond acceptors (Lipinski definition) is 6. The molecule has 0 bridgehead atoms. The van der Waals surface area contributed by atoms with Gasteiger partial charge >= 0.3 is 0 Å². The normalized spacial score (nSPS) is 17.4. The van der Waals surface area contributed by atoms with Gasteiger partial charge in [0.2, 0.25) is 0 Å². The van der Waals surface area contributed by atoms with E-state index < -0.39 is 14.6 Å². The van der Waals surface area contributed by atoms with Crippen molar-refractivity contribution in [2.24, 2.45) is 4.99 Å². The van der Waals surface area contributed by atoms with Crippen LogP contribution in [-0.2, 0) is 16.4 Å². The second kappa shape index (κ2) is 9.05. The number of guanidine groups is 1. The van der Waals surface area contributed by atoms with Crippen molar-refractivity contribution >= 4 is 15.8 Å². The monoisotopic (exact) mass is 399 g/mol. The highest BCUT2D eigenvalue weighted by molar-refractivity contribution is 7.92. The van der Waals surface area contributed by atoms with Gasteiger partial charge in [-0.3, -0.25) is 9.89 Å². The van der Waals surface area contributed by atoms with Crippen LogP contribution in [0.3, 0.4) is 0 Å². The number of nitrogens with one attached hydrogen (secondary N) is 1. The van der Waals surface area contributed by atoms with Gasteiger partial charge in [-0.15, -0.1) is 0 Å². The van der Waals surface area contributed by atoms with Gasteiger partial charge in [0.15, 0.2) is 15.8 Å². The summed E-state index contributed by atoms with van der Waals surface area (Å²) in [5.41, 5.74) is 0.953. The lowest BCUT2D eigenvalue weighted by Gasteiger charge is -2.36. The molecule has 0 aromatic carbocycles. The largest absolute Gasteiger partial charge is 0.361 e. The van der Waals surface area contributed by atoms with Crippen molar-refractivity contribution in [1.82, 2.24) is 20.3 Å². The lowest BCUT2D eigenvalue weighted by Crippen LogP contribution is -2.52. The van der Waals surface area contributed by atoms with Gasteiger partial charge in [0.05, 0.1) is 22.7 Å². The third-order valence-electron chi connectivity index (χ3n) is 4.62. The van der Waals surface area contributed by atoms with Crippen LogP contribution >= 0.6 is 0 Å². The summed E-state index contributed by atoms with van der Waals surface area (Å²) >= 11 is 0. The minimum atomic E-state index is -3.16. The maximum Gasteiger partial charge on any atom is 0.194 e. The summed E-state index contributed by atoms with van der Waals surface area (Å²) in [7, 11) is -3.16. The van der Waals surface area contributed by atoms with E-state index >= 15 is 0 Å². The van der Waals surface area contributed by atoms with Gasteiger partial charge in [-0.1, -0.05) is 5.16 Å². The smallest absolute Gasteiger partial charge is 0.194 e. The van der Waals surface area contributed by atoms with Crippen molar-refractivity contribution in [3.63, 3.8) is 0 Å². The summed E-state index contributed by atoms with van der Waals surface area (Å²) in [6.07, 6.45) is 0. The van der Waals surface area contributed by atoms with Gasteiger partial charge in [0.25, 0.3) is 0 Å². The van der Waals surface area contributed by atoms with Crippen LogP contribution in [-0.4, -0.2) is 79.1 Å². The molecular weight excluding hydrogens is 366 g/mol. The molecule has 0 atom stereocenters. The zero-order valence-corrected chi connectivity index (χ0v) is 18.0. The molecule has 1 aromatic rings. The molecular formula is C18H33N5O3S. The maximum absolute atomic E-state index is 12.3. The van der Waals surface area contributed by atoms with Gasteiger partial charge in [-0.25, -0.2) is 8.42 Å². The average molecular weight is 400 g/mol. The number of aryl methyl sites for hydroxylation is 1. The number of piperazine rings is 1. The Balaban J connectivity index is 1.89. The standard InChI is InChI=1S/C18H33N5O3S/c1-6-19-17(20-7-12-27(24,25)18(3,4)5)23-10-8-22(9-11-23)14-16-13-15(2)26-21-16/h13H,6-12,14H2,1-5H3,(H,19,20). The first-order valence-corrected chi connectivity index (χ1v) is 11.2. The van der Waals surface area contributed by atoms with E-state index in [2.05, 4.69) is 25.3 Å². The predicted molar refractivity (Wildman–Crippen MR) is 108 cm³/mol. The Morgan fingerprint density at radius 2 is 1.96 bits per heavy atom. The molecule has 0 saturated carbocycles. The second-order valence-electron chi connectivity index (χ2n) is 7.86. The number of sulfone groups is 1. The van der Waals surface area contributed by atoms with E-state index in [4.69, 9.17) is 4.52 Å². The first-order valence-electron chi connectivity index (χ1n) is 9.52. The van der Waals surface area contributed by atoms with Crippen molar-refractivity contribution < 1.29 is 12.9 Å². The third kappa shape index (κ3) is 6.21. The summed E-state index contributed by atoms with van der Waals surface area (Å²) < 4.78 is 28.9. The Hall–Kier alpha value is -1.61. The van der Waals surface area contributed by atoms with E-state index in [-0.39, 0.29) is 12.3 Å². The fraction of sp³-hybridized carbons (Fsp3) is 0.778. The molecule has 0 amide bonds. The van der Waals surface area contributed by atoms with Crippen molar-refractivity contribution in [2.75, 3.05) is 45.0 Å². The van der Waals surface area contributed by atoms with Crippen molar-refractivity contribution in [2.45, 2.75) is 45.9 Å². The molecule has 1 aliphatic heterocycles. The van der Waals surface area contributed by atoms with E-state index in [9.17, 15) is 8.42 Å². The molecule has 1 aliphatic rings. The highest BCUT2D eigenvalue weighted by Crippen LogP contribution is 2.15. The van der Waals surface area contributed by atoms with E-state index in [0.717, 1.165) is 56.7 Å². The molecule has 0 radical (unpaired) electrons. The van der Waals surface area contributed by atoms with Crippen molar-refractivity contribution in [3.05, 3.63) is 17.5 Å².